The van der Waals surface area contributed by atoms with Gasteiger partial charge in [0.05, 0.1) is 0 Å². The monoisotopic (exact) mass is 261 g/mol. The van der Waals surface area contributed by atoms with Crippen LogP contribution in [0.15, 0.2) is 21.2 Å². The number of carbonyl (C=O) groups is 1. The van der Waals surface area contributed by atoms with E-state index >= 15 is 0 Å². The minimum absolute atomic E-state index is 0.202. The molecule has 1 heterocycles. The van der Waals surface area contributed by atoms with Crippen molar-refractivity contribution in [2.45, 2.75) is 6.42 Å². The molecule has 14 heavy (non-hydrogen) atoms. The van der Waals surface area contributed by atoms with E-state index in [1.54, 1.807) is 19.2 Å². The Morgan fingerprint density at radius 2 is 2.43 bits per heavy atom. The first-order valence-electron chi connectivity index (χ1n) is 4.26. The molecular formula is C9H12BrNO3. The van der Waals surface area contributed by atoms with E-state index in [9.17, 15) is 4.79 Å². The van der Waals surface area contributed by atoms with Crippen LogP contribution in [-0.2, 0) is 4.74 Å². The zero-order valence-electron chi connectivity index (χ0n) is 7.88. The zero-order chi connectivity index (χ0) is 10.4. The van der Waals surface area contributed by atoms with Gasteiger partial charge in [0.15, 0.2) is 10.4 Å². The third kappa shape index (κ3) is 3.51. The van der Waals surface area contributed by atoms with E-state index < -0.39 is 0 Å². The summed E-state index contributed by atoms with van der Waals surface area (Å²) in [6.07, 6.45) is 0.796. The van der Waals surface area contributed by atoms with Gasteiger partial charge in [0, 0.05) is 20.3 Å². The van der Waals surface area contributed by atoms with Crippen molar-refractivity contribution in [3.63, 3.8) is 0 Å². The van der Waals surface area contributed by atoms with Gasteiger partial charge in [-0.3, -0.25) is 4.79 Å². The number of carbonyl (C=O) groups excluding carboxylic acids is 1. The number of furan rings is 1. The Balaban J connectivity index is 2.29. The zero-order valence-corrected chi connectivity index (χ0v) is 9.46. The molecule has 0 aliphatic carbocycles. The van der Waals surface area contributed by atoms with Gasteiger partial charge in [-0.25, -0.2) is 0 Å². The number of halogens is 1. The van der Waals surface area contributed by atoms with Crippen LogP contribution in [0.3, 0.4) is 0 Å². The number of nitrogens with one attached hydrogen (secondary N) is 1. The molecule has 0 unspecified atom stereocenters. The average Bonchev–Trinajstić information content (AvgIpc) is 2.59. The molecule has 0 spiro atoms. The lowest BCUT2D eigenvalue weighted by Crippen LogP contribution is -2.24. The van der Waals surface area contributed by atoms with E-state index in [0.29, 0.717) is 23.6 Å². The molecule has 5 heteroatoms. The fraction of sp³-hybridized carbons (Fsp3) is 0.444. The van der Waals surface area contributed by atoms with Crippen molar-refractivity contribution in [2.24, 2.45) is 0 Å². The molecule has 4 nitrogen and oxygen atoms in total. The average molecular weight is 262 g/mol. The van der Waals surface area contributed by atoms with Crippen LogP contribution in [0.5, 0.6) is 0 Å². The second-order valence-electron chi connectivity index (χ2n) is 2.71. The van der Waals surface area contributed by atoms with E-state index in [4.69, 9.17) is 9.15 Å². The summed E-state index contributed by atoms with van der Waals surface area (Å²) in [5.74, 6) is 0.112. The lowest BCUT2D eigenvalue weighted by Gasteiger charge is -2.01. The molecule has 1 amide bonds. The Morgan fingerprint density at radius 1 is 1.64 bits per heavy atom. The van der Waals surface area contributed by atoms with Gasteiger partial charge in [0.2, 0.25) is 0 Å². The maximum absolute atomic E-state index is 11.4. The van der Waals surface area contributed by atoms with Crippen LogP contribution in [-0.4, -0.2) is 26.2 Å². The van der Waals surface area contributed by atoms with Crippen LogP contribution >= 0.6 is 15.9 Å². The molecule has 1 aromatic heterocycles. The van der Waals surface area contributed by atoms with Crippen molar-refractivity contribution >= 4 is 21.8 Å². The van der Waals surface area contributed by atoms with Crippen molar-refractivity contribution < 1.29 is 13.9 Å². The lowest BCUT2D eigenvalue weighted by atomic mass is 10.4. The summed E-state index contributed by atoms with van der Waals surface area (Å²) in [6, 6.07) is 3.31. The van der Waals surface area contributed by atoms with Crippen LogP contribution < -0.4 is 5.32 Å². The Morgan fingerprint density at radius 3 is 3.00 bits per heavy atom. The largest absolute Gasteiger partial charge is 0.444 e. The number of methoxy groups -OCH3 is 1. The van der Waals surface area contributed by atoms with E-state index in [2.05, 4.69) is 21.2 Å². The van der Waals surface area contributed by atoms with Crippen LogP contribution in [0.25, 0.3) is 0 Å². The van der Waals surface area contributed by atoms with Crippen molar-refractivity contribution in [3.8, 4) is 0 Å². The molecule has 1 rings (SSSR count). The third-order valence-corrected chi connectivity index (χ3v) is 2.03. The minimum Gasteiger partial charge on any atom is -0.444 e. The van der Waals surface area contributed by atoms with Crippen LogP contribution in [0.1, 0.15) is 17.0 Å². The Kier molecular flexibility index (Phi) is 4.69. The molecule has 0 atom stereocenters. The van der Waals surface area contributed by atoms with E-state index in [1.807, 2.05) is 0 Å². The first kappa shape index (κ1) is 11.3. The van der Waals surface area contributed by atoms with Gasteiger partial charge in [-0.1, -0.05) is 0 Å². The van der Waals surface area contributed by atoms with E-state index in [1.165, 1.54) is 0 Å². The molecule has 1 N–H and O–H groups in total. The highest BCUT2D eigenvalue weighted by Crippen LogP contribution is 2.13. The molecule has 0 fully saturated rings. The topological polar surface area (TPSA) is 51.5 Å². The summed E-state index contributed by atoms with van der Waals surface area (Å²) >= 11 is 3.13. The summed E-state index contributed by atoms with van der Waals surface area (Å²) < 4.78 is 10.5. The predicted molar refractivity (Wildman–Crippen MR) is 55.2 cm³/mol. The summed E-state index contributed by atoms with van der Waals surface area (Å²) in [5.41, 5.74) is 0. The van der Waals surface area contributed by atoms with Crippen LogP contribution in [0, 0.1) is 0 Å². The third-order valence-electron chi connectivity index (χ3n) is 1.61. The van der Waals surface area contributed by atoms with Gasteiger partial charge in [-0.2, -0.15) is 0 Å². The molecule has 0 saturated heterocycles. The normalized spacial score (nSPS) is 10.1. The quantitative estimate of drug-likeness (QED) is 0.823. The highest BCUT2D eigenvalue weighted by atomic mass is 79.9. The molecule has 1 aromatic rings. The van der Waals surface area contributed by atoms with Crippen molar-refractivity contribution in [1.82, 2.24) is 5.32 Å². The number of hydrogen-bond acceptors (Lipinski definition) is 3. The minimum atomic E-state index is -0.202. The fourth-order valence-electron chi connectivity index (χ4n) is 0.942. The first-order valence-corrected chi connectivity index (χ1v) is 5.06. The van der Waals surface area contributed by atoms with Gasteiger partial charge in [0.1, 0.15) is 0 Å². The van der Waals surface area contributed by atoms with Gasteiger partial charge < -0.3 is 14.5 Å². The molecule has 78 valence electrons. The molecule has 0 aromatic carbocycles. The van der Waals surface area contributed by atoms with Crippen LogP contribution in [0.2, 0.25) is 0 Å². The van der Waals surface area contributed by atoms with Crippen LogP contribution in [0.4, 0.5) is 0 Å². The highest BCUT2D eigenvalue weighted by molar-refractivity contribution is 9.10. The lowest BCUT2D eigenvalue weighted by molar-refractivity contribution is 0.0919. The fourth-order valence-corrected chi connectivity index (χ4v) is 1.25. The highest BCUT2D eigenvalue weighted by Gasteiger charge is 2.08. The molecule has 0 aliphatic heterocycles. The Hall–Kier alpha value is -0.810. The molecule has 0 saturated carbocycles. The summed E-state index contributed by atoms with van der Waals surface area (Å²) in [7, 11) is 1.63. The first-order chi connectivity index (χ1) is 6.74. The van der Waals surface area contributed by atoms with E-state index in [0.717, 1.165) is 6.42 Å². The Labute approximate surface area is 90.7 Å². The Bertz CT molecular complexity index is 298. The SMILES string of the molecule is COCCCNC(=O)c1ccc(Br)o1. The second-order valence-corrected chi connectivity index (χ2v) is 3.49. The number of rotatable bonds is 5. The van der Waals surface area contributed by atoms with Gasteiger partial charge in [0.25, 0.3) is 5.91 Å². The standard InChI is InChI=1S/C9H12BrNO3/c1-13-6-2-5-11-9(12)7-3-4-8(10)14-7/h3-4H,2,5-6H2,1H3,(H,11,12). The second kappa shape index (κ2) is 5.82. The number of amides is 1. The van der Waals surface area contributed by atoms with Gasteiger partial charge in [-0.15, -0.1) is 0 Å². The van der Waals surface area contributed by atoms with Crippen molar-refractivity contribution in [2.75, 3.05) is 20.3 Å². The molecular weight excluding hydrogens is 250 g/mol. The molecule has 0 aliphatic rings. The van der Waals surface area contributed by atoms with E-state index in [-0.39, 0.29) is 5.91 Å². The summed E-state index contributed by atoms with van der Waals surface area (Å²) in [4.78, 5) is 11.4. The maximum atomic E-state index is 11.4. The number of hydrogen-bond donors (Lipinski definition) is 1. The molecule has 0 radical (unpaired) electrons. The molecule has 0 bridgehead atoms. The number of ether oxygens (including phenoxy) is 1. The summed E-state index contributed by atoms with van der Waals surface area (Å²) in [5, 5.41) is 2.71. The summed E-state index contributed by atoms with van der Waals surface area (Å²) in [6.45, 7) is 1.23. The van der Waals surface area contributed by atoms with Gasteiger partial charge >= 0.3 is 0 Å². The van der Waals surface area contributed by atoms with Crippen molar-refractivity contribution in [3.05, 3.63) is 22.6 Å². The smallest absolute Gasteiger partial charge is 0.287 e. The van der Waals surface area contributed by atoms with Crippen molar-refractivity contribution in [1.29, 1.82) is 0 Å². The van der Waals surface area contributed by atoms with Gasteiger partial charge in [-0.05, 0) is 34.5 Å². The maximum Gasteiger partial charge on any atom is 0.287 e. The predicted octanol–water partition coefficient (Wildman–Crippen LogP) is 1.81.